The Balaban J connectivity index is 2.10. The van der Waals surface area contributed by atoms with Gasteiger partial charge >= 0.3 is 0 Å². The number of benzene rings is 1. The molecular weight excluding hydrogens is 228 g/mol. The Labute approximate surface area is 107 Å². The minimum Gasteiger partial charge on any atom is -0.530 e. The summed E-state index contributed by atoms with van der Waals surface area (Å²) >= 11 is 0. The van der Waals surface area contributed by atoms with Crippen molar-refractivity contribution < 1.29 is 9.90 Å². The molecule has 0 bridgehead atoms. The molecule has 1 fully saturated rings. The van der Waals surface area contributed by atoms with Crippen LogP contribution in [-0.2, 0) is 6.54 Å². The molecule has 0 spiro atoms. The predicted octanol–water partition coefficient (Wildman–Crippen LogP) is 1.10. The second kappa shape index (κ2) is 5.87. The van der Waals surface area contributed by atoms with Crippen LogP contribution in [0.25, 0.3) is 0 Å². The normalized spacial score (nSPS) is 23.6. The minimum absolute atomic E-state index is 0.0691. The van der Waals surface area contributed by atoms with Crippen LogP contribution in [0.2, 0.25) is 0 Å². The van der Waals surface area contributed by atoms with Gasteiger partial charge in [0, 0.05) is 18.6 Å². The molecule has 0 aromatic heterocycles. The molecule has 1 amide bonds. The molecule has 4 nitrogen and oxygen atoms in total. The molecular formula is C14H19N2O2-. The third-order valence-corrected chi connectivity index (χ3v) is 3.61. The largest absolute Gasteiger partial charge is 0.530 e. The molecule has 0 radical (unpaired) electrons. The summed E-state index contributed by atoms with van der Waals surface area (Å²) in [7, 11) is 0. The fourth-order valence-corrected chi connectivity index (χ4v) is 2.62. The van der Waals surface area contributed by atoms with E-state index in [1.165, 1.54) is 4.90 Å². The molecule has 0 heterocycles. The molecule has 0 aliphatic heterocycles. The summed E-state index contributed by atoms with van der Waals surface area (Å²) in [6, 6.07) is 9.39. The van der Waals surface area contributed by atoms with Crippen LogP contribution in [0, 0.1) is 0 Å². The summed E-state index contributed by atoms with van der Waals surface area (Å²) in [5.74, 6) is 0. The Hall–Kier alpha value is -1.55. The molecule has 1 aromatic carbocycles. The van der Waals surface area contributed by atoms with E-state index in [9.17, 15) is 9.90 Å². The number of carboxylic acid groups (broad SMARTS) is 1. The number of hydrogen-bond acceptors (Lipinski definition) is 3. The fourth-order valence-electron chi connectivity index (χ4n) is 2.62. The number of carbonyl (C=O) groups excluding carboxylic acids is 1. The predicted molar refractivity (Wildman–Crippen MR) is 67.6 cm³/mol. The number of carbonyl (C=O) groups is 1. The molecule has 2 rings (SSSR count). The Bertz CT molecular complexity index is 394. The summed E-state index contributed by atoms with van der Waals surface area (Å²) in [5, 5.41) is 11.3. The smallest absolute Gasteiger partial charge is 0.137 e. The van der Waals surface area contributed by atoms with Gasteiger partial charge in [-0.15, -0.1) is 0 Å². The van der Waals surface area contributed by atoms with E-state index in [0.717, 1.165) is 31.2 Å². The number of hydrogen-bond donors (Lipinski definition) is 1. The standard InChI is InChI=1S/C14H20N2O2/c15-12-8-4-5-9-13(12)16(14(17)18)10-11-6-2-1-3-7-11/h1-3,6-7,12-13H,4-5,8-10,15H2,(H,17,18)/p-1/t12-,13+/m0/s1. The average molecular weight is 247 g/mol. The molecule has 0 unspecified atom stereocenters. The number of nitrogens with two attached hydrogens (primary N) is 1. The molecule has 4 heteroatoms. The van der Waals surface area contributed by atoms with Crippen molar-refractivity contribution in [3.05, 3.63) is 35.9 Å². The molecule has 2 atom stereocenters. The topological polar surface area (TPSA) is 69.4 Å². The molecule has 0 saturated heterocycles. The Morgan fingerprint density at radius 2 is 1.94 bits per heavy atom. The van der Waals surface area contributed by atoms with Crippen molar-refractivity contribution >= 4 is 6.09 Å². The molecule has 1 aliphatic rings. The van der Waals surface area contributed by atoms with Gasteiger partial charge in [0.2, 0.25) is 0 Å². The van der Waals surface area contributed by atoms with Crippen molar-refractivity contribution in [3.8, 4) is 0 Å². The lowest BCUT2D eigenvalue weighted by molar-refractivity contribution is -0.269. The van der Waals surface area contributed by atoms with Crippen molar-refractivity contribution in [1.29, 1.82) is 0 Å². The maximum atomic E-state index is 11.3. The van der Waals surface area contributed by atoms with E-state index < -0.39 is 6.09 Å². The van der Waals surface area contributed by atoms with Crippen molar-refractivity contribution in [2.45, 2.75) is 44.3 Å². The Morgan fingerprint density at radius 3 is 2.56 bits per heavy atom. The van der Waals surface area contributed by atoms with Gasteiger partial charge in [-0.2, -0.15) is 0 Å². The second-order valence-corrected chi connectivity index (χ2v) is 4.90. The average Bonchev–Trinajstić information content (AvgIpc) is 2.38. The van der Waals surface area contributed by atoms with E-state index in [-0.39, 0.29) is 12.1 Å². The maximum absolute atomic E-state index is 11.3. The summed E-state index contributed by atoms with van der Waals surface area (Å²) in [5.41, 5.74) is 7.01. The van der Waals surface area contributed by atoms with E-state index in [4.69, 9.17) is 5.73 Å². The highest BCUT2D eigenvalue weighted by Gasteiger charge is 2.27. The zero-order chi connectivity index (χ0) is 13.0. The maximum Gasteiger partial charge on any atom is 0.137 e. The molecule has 1 saturated carbocycles. The first kappa shape index (κ1) is 12.9. The first-order valence-electron chi connectivity index (χ1n) is 6.45. The van der Waals surface area contributed by atoms with E-state index in [0.29, 0.717) is 6.54 Å². The van der Waals surface area contributed by atoms with Crippen molar-refractivity contribution in [2.24, 2.45) is 5.73 Å². The van der Waals surface area contributed by atoms with Gasteiger partial charge in [-0.1, -0.05) is 43.2 Å². The highest BCUT2D eigenvalue weighted by Crippen LogP contribution is 2.23. The van der Waals surface area contributed by atoms with Crippen LogP contribution < -0.4 is 10.8 Å². The second-order valence-electron chi connectivity index (χ2n) is 4.90. The van der Waals surface area contributed by atoms with Crippen LogP contribution in [-0.4, -0.2) is 23.1 Å². The van der Waals surface area contributed by atoms with Crippen LogP contribution in [0.5, 0.6) is 0 Å². The molecule has 2 N–H and O–H groups in total. The van der Waals surface area contributed by atoms with Gasteiger partial charge in [0.25, 0.3) is 0 Å². The van der Waals surface area contributed by atoms with Crippen LogP contribution in [0.3, 0.4) is 0 Å². The Morgan fingerprint density at radius 1 is 1.28 bits per heavy atom. The van der Waals surface area contributed by atoms with E-state index >= 15 is 0 Å². The van der Waals surface area contributed by atoms with Gasteiger partial charge in [0.05, 0.1) is 0 Å². The number of nitrogens with zero attached hydrogens (tertiary/aromatic N) is 1. The van der Waals surface area contributed by atoms with Crippen LogP contribution in [0.4, 0.5) is 4.79 Å². The van der Waals surface area contributed by atoms with E-state index in [1.54, 1.807) is 0 Å². The van der Waals surface area contributed by atoms with Gasteiger partial charge < -0.3 is 20.5 Å². The quantitative estimate of drug-likeness (QED) is 0.869. The summed E-state index contributed by atoms with van der Waals surface area (Å²) in [4.78, 5) is 12.7. The molecule has 1 aromatic rings. The van der Waals surface area contributed by atoms with Crippen molar-refractivity contribution in [2.75, 3.05) is 0 Å². The van der Waals surface area contributed by atoms with E-state index in [2.05, 4.69) is 0 Å². The zero-order valence-electron chi connectivity index (χ0n) is 10.4. The lowest BCUT2D eigenvalue weighted by Gasteiger charge is -2.40. The van der Waals surface area contributed by atoms with Gasteiger partial charge in [0.1, 0.15) is 6.09 Å². The summed E-state index contributed by atoms with van der Waals surface area (Å²) in [6.07, 6.45) is 2.73. The third kappa shape index (κ3) is 3.01. The van der Waals surface area contributed by atoms with Crippen LogP contribution in [0.15, 0.2) is 30.3 Å². The van der Waals surface area contributed by atoms with E-state index in [1.807, 2.05) is 30.3 Å². The summed E-state index contributed by atoms with van der Waals surface area (Å²) in [6.45, 7) is 0.363. The van der Waals surface area contributed by atoms with Crippen LogP contribution in [0.1, 0.15) is 31.2 Å². The zero-order valence-corrected chi connectivity index (χ0v) is 10.4. The molecule has 98 valence electrons. The lowest BCUT2D eigenvalue weighted by Crippen LogP contribution is -2.55. The highest BCUT2D eigenvalue weighted by molar-refractivity contribution is 5.63. The number of rotatable bonds is 3. The van der Waals surface area contributed by atoms with Gasteiger partial charge in [-0.25, -0.2) is 0 Å². The van der Waals surface area contributed by atoms with Crippen molar-refractivity contribution in [3.63, 3.8) is 0 Å². The van der Waals surface area contributed by atoms with Crippen molar-refractivity contribution in [1.82, 2.24) is 4.90 Å². The minimum atomic E-state index is -1.12. The number of amides is 1. The lowest BCUT2D eigenvalue weighted by atomic mass is 9.90. The monoisotopic (exact) mass is 247 g/mol. The van der Waals surface area contributed by atoms with Crippen LogP contribution >= 0.6 is 0 Å². The summed E-state index contributed by atoms with van der Waals surface area (Å²) < 4.78 is 0. The molecule has 18 heavy (non-hydrogen) atoms. The van der Waals surface area contributed by atoms with Gasteiger partial charge in [-0.05, 0) is 18.4 Å². The third-order valence-electron chi connectivity index (χ3n) is 3.61. The Kier molecular flexibility index (Phi) is 4.20. The molecule has 1 aliphatic carbocycles. The van der Waals surface area contributed by atoms with Gasteiger partial charge in [-0.3, -0.25) is 0 Å². The highest BCUT2D eigenvalue weighted by atomic mass is 16.4. The SMILES string of the molecule is N[C@H]1CCCC[C@H]1N(Cc1ccccc1)C(=O)[O-]. The fraction of sp³-hybridized carbons (Fsp3) is 0.500. The van der Waals surface area contributed by atoms with Gasteiger partial charge in [0.15, 0.2) is 0 Å². The first-order chi connectivity index (χ1) is 8.68. The first-order valence-corrected chi connectivity index (χ1v) is 6.45.